The molecule has 18 heavy (non-hydrogen) atoms. The van der Waals surface area contributed by atoms with Crippen LogP contribution in [-0.2, 0) is 6.18 Å². The van der Waals surface area contributed by atoms with Crippen LogP contribution in [0.1, 0.15) is 11.1 Å². The summed E-state index contributed by atoms with van der Waals surface area (Å²) in [5.74, 6) is -0.528. The molecule has 0 spiro atoms. The van der Waals surface area contributed by atoms with Crippen molar-refractivity contribution in [1.29, 1.82) is 0 Å². The molecule has 0 saturated heterocycles. The van der Waals surface area contributed by atoms with Crippen molar-refractivity contribution in [2.24, 2.45) is 0 Å². The highest BCUT2D eigenvalue weighted by Gasteiger charge is 2.31. The molecule has 2 rings (SSSR count). The van der Waals surface area contributed by atoms with Gasteiger partial charge in [0.15, 0.2) is 0 Å². The van der Waals surface area contributed by atoms with Crippen LogP contribution >= 0.6 is 0 Å². The van der Waals surface area contributed by atoms with Gasteiger partial charge in [0, 0.05) is 5.56 Å². The Morgan fingerprint density at radius 1 is 0.889 bits per heavy atom. The molecule has 0 aliphatic heterocycles. The first-order valence-electron chi connectivity index (χ1n) is 5.32. The zero-order valence-electron chi connectivity index (χ0n) is 9.55. The van der Waals surface area contributed by atoms with Gasteiger partial charge in [-0.15, -0.1) is 0 Å². The van der Waals surface area contributed by atoms with Crippen molar-refractivity contribution in [3.05, 3.63) is 59.4 Å². The van der Waals surface area contributed by atoms with Gasteiger partial charge in [0.25, 0.3) is 0 Å². The Labute approximate surface area is 102 Å². The first kappa shape index (κ1) is 12.6. The normalized spacial score (nSPS) is 11.6. The average molecular weight is 254 g/mol. The quantitative estimate of drug-likeness (QED) is 0.640. The highest BCUT2D eigenvalue weighted by Crippen LogP contribution is 2.34. The highest BCUT2D eigenvalue weighted by atomic mass is 19.4. The van der Waals surface area contributed by atoms with Crippen molar-refractivity contribution in [3.8, 4) is 11.1 Å². The number of hydrogen-bond acceptors (Lipinski definition) is 0. The number of hydrogen-bond donors (Lipinski definition) is 0. The Hall–Kier alpha value is -1.84. The van der Waals surface area contributed by atoms with Gasteiger partial charge in [0.2, 0.25) is 0 Å². The summed E-state index contributed by atoms with van der Waals surface area (Å²) in [5.41, 5.74) is 0.281. The molecular formula is C14H10F4. The van der Waals surface area contributed by atoms with Crippen LogP contribution in [-0.4, -0.2) is 0 Å². The fraction of sp³-hybridized carbons (Fsp3) is 0.143. The van der Waals surface area contributed by atoms with Crippen LogP contribution in [0.25, 0.3) is 11.1 Å². The van der Waals surface area contributed by atoms with Crippen molar-refractivity contribution < 1.29 is 17.6 Å². The summed E-state index contributed by atoms with van der Waals surface area (Å²) in [6, 6.07) is 9.13. The van der Waals surface area contributed by atoms with E-state index >= 15 is 0 Å². The standard InChI is InChI=1S/C14H10F4/c1-9-6-7-10(14(16,17)18)8-12(9)11-4-2-3-5-13(11)15/h2-8H,1H3. The molecule has 0 aromatic heterocycles. The molecule has 0 aliphatic rings. The Morgan fingerprint density at radius 3 is 2.17 bits per heavy atom. The summed E-state index contributed by atoms with van der Waals surface area (Å²) in [7, 11) is 0. The maximum absolute atomic E-state index is 13.6. The Morgan fingerprint density at radius 2 is 1.56 bits per heavy atom. The van der Waals surface area contributed by atoms with E-state index in [1.807, 2.05) is 0 Å². The summed E-state index contributed by atoms with van der Waals surface area (Å²) >= 11 is 0. The fourth-order valence-electron chi connectivity index (χ4n) is 1.77. The topological polar surface area (TPSA) is 0 Å². The fourth-order valence-corrected chi connectivity index (χ4v) is 1.77. The Bertz CT molecular complexity index is 570. The van der Waals surface area contributed by atoms with Crippen LogP contribution in [0.2, 0.25) is 0 Å². The summed E-state index contributed by atoms with van der Waals surface area (Å²) in [6.07, 6.45) is -4.42. The lowest BCUT2D eigenvalue weighted by molar-refractivity contribution is -0.137. The molecule has 2 aromatic carbocycles. The largest absolute Gasteiger partial charge is 0.416 e. The highest BCUT2D eigenvalue weighted by molar-refractivity contribution is 5.68. The van der Waals surface area contributed by atoms with Crippen LogP contribution in [0.4, 0.5) is 17.6 Å². The Balaban J connectivity index is 2.61. The van der Waals surface area contributed by atoms with Crippen molar-refractivity contribution >= 4 is 0 Å². The minimum atomic E-state index is -4.42. The first-order valence-corrected chi connectivity index (χ1v) is 5.32. The van der Waals surface area contributed by atoms with Gasteiger partial charge < -0.3 is 0 Å². The molecule has 0 N–H and O–H groups in total. The molecule has 0 atom stereocenters. The van der Waals surface area contributed by atoms with E-state index in [-0.39, 0.29) is 11.1 Å². The zero-order chi connectivity index (χ0) is 13.3. The SMILES string of the molecule is Cc1ccc(C(F)(F)F)cc1-c1ccccc1F. The average Bonchev–Trinajstić information content (AvgIpc) is 2.29. The van der Waals surface area contributed by atoms with Gasteiger partial charge in [-0.1, -0.05) is 24.3 Å². The minimum absolute atomic E-state index is 0.182. The molecule has 0 unspecified atom stereocenters. The number of benzene rings is 2. The minimum Gasteiger partial charge on any atom is -0.206 e. The van der Waals surface area contributed by atoms with E-state index in [0.717, 1.165) is 12.1 Å². The van der Waals surface area contributed by atoms with Crippen LogP contribution in [0, 0.1) is 12.7 Å². The van der Waals surface area contributed by atoms with Crippen molar-refractivity contribution in [2.75, 3.05) is 0 Å². The number of alkyl halides is 3. The number of halogens is 4. The summed E-state index contributed by atoms with van der Waals surface area (Å²) < 4.78 is 51.5. The van der Waals surface area contributed by atoms with Gasteiger partial charge in [0.1, 0.15) is 5.82 Å². The molecule has 0 heterocycles. The lowest BCUT2D eigenvalue weighted by Gasteiger charge is -2.12. The molecule has 94 valence electrons. The van der Waals surface area contributed by atoms with Gasteiger partial charge in [-0.25, -0.2) is 4.39 Å². The molecule has 0 bridgehead atoms. The van der Waals surface area contributed by atoms with E-state index in [1.54, 1.807) is 13.0 Å². The predicted octanol–water partition coefficient (Wildman–Crippen LogP) is 4.82. The second-order valence-corrected chi connectivity index (χ2v) is 4.01. The second kappa shape index (κ2) is 4.44. The van der Waals surface area contributed by atoms with Crippen molar-refractivity contribution in [1.82, 2.24) is 0 Å². The maximum atomic E-state index is 13.6. The van der Waals surface area contributed by atoms with Crippen LogP contribution in [0.5, 0.6) is 0 Å². The van der Waals surface area contributed by atoms with Gasteiger partial charge in [-0.05, 0) is 36.2 Å². The van der Waals surface area contributed by atoms with E-state index in [9.17, 15) is 17.6 Å². The molecule has 2 aromatic rings. The summed E-state index contributed by atoms with van der Waals surface area (Å²) in [5, 5.41) is 0. The molecule has 0 radical (unpaired) electrons. The van der Waals surface area contributed by atoms with E-state index in [2.05, 4.69) is 0 Å². The molecule has 0 fully saturated rings. The molecule has 0 aliphatic carbocycles. The van der Waals surface area contributed by atoms with E-state index in [4.69, 9.17) is 0 Å². The third kappa shape index (κ3) is 2.37. The second-order valence-electron chi connectivity index (χ2n) is 4.01. The maximum Gasteiger partial charge on any atom is 0.416 e. The van der Waals surface area contributed by atoms with Gasteiger partial charge in [0.05, 0.1) is 5.56 Å². The molecular weight excluding hydrogens is 244 g/mol. The smallest absolute Gasteiger partial charge is 0.206 e. The van der Waals surface area contributed by atoms with Crippen molar-refractivity contribution in [3.63, 3.8) is 0 Å². The van der Waals surface area contributed by atoms with E-state index < -0.39 is 17.6 Å². The number of aryl methyl sites for hydroxylation is 1. The molecule has 0 saturated carbocycles. The summed E-state index contributed by atoms with van der Waals surface area (Å²) in [6.45, 7) is 1.65. The van der Waals surface area contributed by atoms with E-state index in [0.29, 0.717) is 5.56 Å². The first-order chi connectivity index (χ1) is 8.39. The predicted molar refractivity (Wildman–Crippen MR) is 61.6 cm³/mol. The monoisotopic (exact) mass is 254 g/mol. The summed E-state index contributed by atoms with van der Waals surface area (Å²) in [4.78, 5) is 0. The molecule has 0 amide bonds. The third-order valence-corrected chi connectivity index (χ3v) is 2.73. The third-order valence-electron chi connectivity index (χ3n) is 2.73. The van der Waals surface area contributed by atoms with Gasteiger partial charge in [-0.3, -0.25) is 0 Å². The lowest BCUT2D eigenvalue weighted by atomic mass is 9.97. The van der Waals surface area contributed by atoms with Crippen LogP contribution in [0.15, 0.2) is 42.5 Å². The van der Waals surface area contributed by atoms with Crippen molar-refractivity contribution in [2.45, 2.75) is 13.1 Å². The number of rotatable bonds is 1. The Kier molecular flexibility index (Phi) is 3.11. The lowest BCUT2D eigenvalue weighted by Crippen LogP contribution is -2.05. The van der Waals surface area contributed by atoms with Gasteiger partial charge in [-0.2, -0.15) is 13.2 Å². The molecule has 4 heteroatoms. The van der Waals surface area contributed by atoms with Crippen LogP contribution in [0.3, 0.4) is 0 Å². The zero-order valence-corrected chi connectivity index (χ0v) is 9.55. The van der Waals surface area contributed by atoms with E-state index in [1.165, 1.54) is 24.3 Å². The van der Waals surface area contributed by atoms with Crippen LogP contribution < -0.4 is 0 Å². The molecule has 0 nitrogen and oxygen atoms in total. The van der Waals surface area contributed by atoms with Gasteiger partial charge >= 0.3 is 6.18 Å².